The molecule has 0 unspecified atom stereocenters. The van der Waals surface area contributed by atoms with Crippen LogP contribution in [0.4, 0.5) is 5.69 Å². The summed E-state index contributed by atoms with van der Waals surface area (Å²) in [5.41, 5.74) is 1.10. The van der Waals surface area contributed by atoms with Crippen LogP contribution in [0.1, 0.15) is 18.4 Å². The molecule has 3 nitrogen and oxygen atoms in total. The van der Waals surface area contributed by atoms with Crippen LogP contribution in [0.2, 0.25) is 0 Å². The Morgan fingerprint density at radius 3 is 2.94 bits per heavy atom. The average Bonchev–Trinajstić information content (AvgIpc) is 2.30. The van der Waals surface area contributed by atoms with E-state index in [9.17, 15) is 4.79 Å². The number of nitriles is 1. The number of para-hydroxylation sites is 1. The molecular formula is C12H14N2OS. The van der Waals surface area contributed by atoms with Crippen molar-refractivity contribution in [3.63, 3.8) is 0 Å². The van der Waals surface area contributed by atoms with Gasteiger partial charge < -0.3 is 5.32 Å². The van der Waals surface area contributed by atoms with Crippen molar-refractivity contribution in [2.24, 2.45) is 0 Å². The highest BCUT2D eigenvalue weighted by atomic mass is 32.2. The van der Waals surface area contributed by atoms with E-state index in [1.165, 1.54) is 0 Å². The van der Waals surface area contributed by atoms with E-state index in [2.05, 4.69) is 5.32 Å². The molecule has 1 aromatic rings. The zero-order valence-corrected chi connectivity index (χ0v) is 10.0. The van der Waals surface area contributed by atoms with Gasteiger partial charge in [0.1, 0.15) is 6.07 Å². The smallest absolute Gasteiger partial charge is 0.224 e. The van der Waals surface area contributed by atoms with Crippen LogP contribution in [-0.4, -0.2) is 17.9 Å². The molecule has 1 N–H and O–H groups in total. The Bertz CT molecular complexity index is 398. The van der Waals surface area contributed by atoms with Crippen LogP contribution in [0.15, 0.2) is 24.3 Å². The van der Waals surface area contributed by atoms with Crippen molar-refractivity contribution in [1.82, 2.24) is 0 Å². The first-order valence-electron chi connectivity index (χ1n) is 5.06. The summed E-state index contributed by atoms with van der Waals surface area (Å²) in [5, 5.41) is 11.6. The SMILES string of the molecule is CSCCCC(=O)Nc1ccccc1C#N. The molecule has 84 valence electrons. The van der Waals surface area contributed by atoms with Crippen LogP contribution >= 0.6 is 11.8 Å². The summed E-state index contributed by atoms with van der Waals surface area (Å²) >= 11 is 1.73. The van der Waals surface area contributed by atoms with Gasteiger partial charge in [-0.05, 0) is 30.6 Å². The number of amides is 1. The molecule has 0 bridgehead atoms. The Hall–Kier alpha value is -1.47. The van der Waals surface area contributed by atoms with Crippen LogP contribution in [-0.2, 0) is 4.79 Å². The molecule has 0 saturated carbocycles. The highest BCUT2D eigenvalue weighted by Gasteiger charge is 2.05. The quantitative estimate of drug-likeness (QED) is 0.797. The minimum Gasteiger partial charge on any atom is -0.325 e. The van der Waals surface area contributed by atoms with Gasteiger partial charge in [0.15, 0.2) is 0 Å². The molecule has 0 aliphatic rings. The molecule has 1 amide bonds. The van der Waals surface area contributed by atoms with E-state index < -0.39 is 0 Å². The lowest BCUT2D eigenvalue weighted by atomic mass is 10.2. The van der Waals surface area contributed by atoms with E-state index in [4.69, 9.17) is 5.26 Å². The first-order chi connectivity index (χ1) is 7.77. The first kappa shape index (κ1) is 12.6. The Kier molecular flexibility index (Phi) is 5.44. The van der Waals surface area contributed by atoms with Gasteiger partial charge >= 0.3 is 0 Å². The molecule has 1 rings (SSSR count). The van der Waals surface area contributed by atoms with Gasteiger partial charge in [-0.2, -0.15) is 17.0 Å². The van der Waals surface area contributed by atoms with E-state index >= 15 is 0 Å². The Morgan fingerprint density at radius 2 is 2.25 bits per heavy atom. The minimum atomic E-state index is -0.0308. The van der Waals surface area contributed by atoms with E-state index in [0.29, 0.717) is 17.7 Å². The molecule has 0 spiro atoms. The lowest BCUT2D eigenvalue weighted by molar-refractivity contribution is -0.116. The molecule has 4 heteroatoms. The van der Waals surface area contributed by atoms with Crippen LogP contribution in [0.3, 0.4) is 0 Å². The summed E-state index contributed by atoms with van der Waals surface area (Å²) in [7, 11) is 0. The monoisotopic (exact) mass is 234 g/mol. The molecule has 0 aliphatic carbocycles. The van der Waals surface area contributed by atoms with Gasteiger partial charge in [-0.15, -0.1) is 0 Å². The fourth-order valence-corrected chi connectivity index (χ4v) is 1.71. The number of carbonyl (C=O) groups is 1. The van der Waals surface area contributed by atoms with Gasteiger partial charge in [-0.25, -0.2) is 0 Å². The highest BCUT2D eigenvalue weighted by molar-refractivity contribution is 7.98. The molecule has 0 saturated heterocycles. The second-order valence-corrected chi connectivity index (χ2v) is 4.29. The molecule has 16 heavy (non-hydrogen) atoms. The van der Waals surface area contributed by atoms with E-state index in [0.717, 1.165) is 12.2 Å². The second-order valence-electron chi connectivity index (χ2n) is 3.30. The van der Waals surface area contributed by atoms with E-state index in [1.54, 1.807) is 36.0 Å². The zero-order valence-electron chi connectivity index (χ0n) is 9.19. The van der Waals surface area contributed by atoms with Crippen LogP contribution in [0, 0.1) is 11.3 Å². The van der Waals surface area contributed by atoms with Gasteiger partial charge in [-0.1, -0.05) is 12.1 Å². The maximum Gasteiger partial charge on any atom is 0.224 e. The number of benzene rings is 1. The van der Waals surface area contributed by atoms with Crippen molar-refractivity contribution >= 4 is 23.4 Å². The van der Waals surface area contributed by atoms with Gasteiger partial charge in [0, 0.05) is 6.42 Å². The summed E-state index contributed by atoms with van der Waals surface area (Å²) in [4.78, 5) is 11.5. The molecule has 0 aliphatic heterocycles. The number of anilines is 1. The van der Waals surface area contributed by atoms with Crippen molar-refractivity contribution in [3.8, 4) is 6.07 Å². The number of carbonyl (C=O) groups excluding carboxylic acids is 1. The number of thioether (sulfide) groups is 1. The molecule has 0 fully saturated rings. The number of nitrogens with one attached hydrogen (secondary N) is 1. The van der Waals surface area contributed by atoms with Crippen LogP contribution in [0.5, 0.6) is 0 Å². The highest BCUT2D eigenvalue weighted by Crippen LogP contribution is 2.14. The summed E-state index contributed by atoms with van der Waals surface area (Å²) < 4.78 is 0. The van der Waals surface area contributed by atoms with Gasteiger partial charge in [-0.3, -0.25) is 4.79 Å². The average molecular weight is 234 g/mol. The van der Waals surface area contributed by atoms with E-state index in [-0.39, 0.29) is 5.91 Å². The minimum absolute atomic E-state index is 0.0308. The van der Waals surface area contributed by atoms with Crippen LogP contribution < -0.4 is 5.32 Å². The number of hydrogen-bond donors (Lipinski definition) is 1. The lowest BCUT2D eigenvalue weighted by Gasteiger charge is -2.06. The third-order valence-electron chi connectivity index (χ3n) is 2.07. The van der Waals surface area contributed by atoms with Crippen molar-refractivity contribution in [1.29, 1.82) is 5.26 Å². The maximum atomic E-state index is 11.5. The Balaban J connectivity index is 2.53. The third-order valence-corrected chi connectivity index (χ3v) is 2.77. The molecule has 0 aromatic heterocycles. The van der Waals surface area contributed by atoms with Gasteiger partial charge in [0.25, 0.3) is 0 Å². The molecule has 0 radical (unpaired) electrons. The van der Waals surface area contributed by atoms with E-state index in [1.807, 2.05) is 12.3 Å². The Morgan fingerprint density at radius 1 is 1.50 bits per heavy atom. The second kappa shape index (κ2) is 6.91. The summed E-state index contributed by atoms with van der Waals surface area (Å²) in [6.45, 7) is 0. The fraction of sp³-hybridized carbons (Fsp3) is 0.333. The molecule has 0 heterocycles. The molecule has 0 atom stereocenters. The summed E-state index contributed by atoms with van der Waals surface area (Å²) in [6, 6.07) is 9.07. The standard InChI is InChI=1S/C12H14N2OS/c1-16-8-4-7-12(15)14-11-6-3-2-5-10(11)9-13/h2-3,5-6H,4,7-8H2,1H3,(H,14,15). The largest absolute Gasteiger partial charge is 0.325 e. The number of nitrogens with zero attached hydrogens (tertiary/aromatic N) is 1. The Labute approximate surface area is 99.8 Å². The normalized spacial score (nSPS) is 9.50. The van der Waals surface area contributed by atoms with Crippen LogP contribution in [0.25, 0.3) is 0 Å². The van der Waals surface area contributed by atoms with Crippen molar-refractivity contribution in [2.75, 3.05) is 17.3 Å². The molecule has 1 aromatic carbocycles. The first-order valence-corrected chi connectivity index (χ1v) is 6.45. The third kappa shape index (κ3) is 3.95. The summed E-state index contributed by atoms with van der Waals surface area (Å²) in [6.07, 6.45) is 3.38. The number of hydrogen-bond acceptors (Lipinski definition) is 3. The van der Waals surface area contributed by atoms with Crippen molar-refractivity contribution in [2.45, 2.75) is 12.8 Å². The molecular weight excluding hydrogens is 220 g/mol. The fourth-order valence-electron chi connectivity index (χ4n) is 1.28. The zero-order chi connectivity index (χ0) is 11.8. The van der Waals surface area contributed by atoms with Gasteiger partial charge in [0.05, 0.1) is 11.3 Å². The topological polar surface area (TPSA) is 52.9 Å². The lowest BCUT2D eigenvalue weighted by Crippen LogP contribution is -2.12. The predicted octanol–water partition coefficient (Wildman–Crippen LogP) is 2.64. The van der Waals surface area contributed by atoms with Crippen molar-refractivity contribution < 1.29 is 4.79 Å². The number of rotatable bonds is 5. The van der Waals surface area contributed by atoms with Gasteiger partial charge in [0.2, 0.25) is 5.91 Å². The van der Waals surface area contributed by atoms with Crippen molar-refractivity contribution in [3.05, 3.63) is 29.8 Å². The predicted molar refractivity (Wildman–Crippen MR) is 67.4 cm³/mol. The summed E-state index contributed by atoms with van der Waals surface area (Å²) in [5.74, 6) is 0.949. The maximum absolute atomic E-state index is 11.5.